The summed E-state index contributed by atoms with van der Waals surface area (Å²) in [6.07, 6.45) is 0.420. The number of hydrogen-bond donors (Lipinski definition) is 1. The summed E-state index contributed by atoms with van der Waals surface area (Å²) in [6.45, 7) is 0.580. The number of carbonyl (C=O) groups excluding carboxylic acids is 1. The third-order valence-electron chi connectivity index (χ3n) is 3.00. The molecule has 0 atom stereocenters. The quantitative estimate of drug-likeness (QED) is 0.812. The summed E-state index contributed by atoms with van der Waals surface area (Å²) in [7, 11) is 0. The van der Waals surface area contributed by atoms with E-state index in [0.29, 0.717) is 29.6 Å². The van der Waals surface area contributed by atoms with E-state index in [1.165, 1.54) is 0 Å². The number of amides is 1. The summed E-state index contributed by atoms with van der Waals surface area (Å²) in [5.41, 5.74) is 1.69. The number of fused-ring (bicyclic) bond motifs is 1. The van der Waals surface area contributed by atoms with Gasteiger partial charge in [-0.15, -0.1) is 0 Å². The lowest BCUT2D eigenvalue weighted by atomic mass is 10.2. The summed E-state index contributed by atoms with van der Waals surface area (Å²) in [4.78, 5) is 18.1. The van der Waals surface area contributed by atoms with Crippen molar-refractivity contribution in [3.8, 4) is 0 Å². The van der Waals surface area contributed by atoms with Gasteiger partial charge < -0.3 is 10.2 Å². The van der Waals surface area contributed by atoms with Crippen molar-refractivity contribution in [3.05, 3.63) is 47.6 Å². The molecule has 0 saturated heterocycles. The SMILES string of the molecule is O=C1CCN(c2ccccc2)c2nc(Cl)ccc2N1. The number of benzene rings is 1. The molecule has 19 heavy (non-hydrogen) atoms. The number of carbonyl (C=O) groups is 1. The topological polar surface area (TPSA) is 45.2 Å². The van der Waals surface area contributed by atoms with Crippen molar-refractivity contribution in [1.82, 2.24) is 4.98 Å². The van der Waals surface area contributed by atoms with Crippen molar-refractivity contribution in [3.63, 3.8) is 0 Å². The maximum absolute atomic E-state index is 11.7. The third-order valence-corrected chi connectivity index (χ3v) is 3.21. The molecule has 0 radical (unpaired) electrons. The lowest BCUT2D eigenvalue weighted by Crippen LogP contribution is -2.19. The predicted octanol–water partition coefficient (Wildman–Crippen LogP) is 3.22. The van der Waals surface area contributed by atoms with Gasteiger partial charge in [-0.3, -0.25) is 4.79 Å². The fourth-order valence-corrected chi connectivity index (χ4v) is 2.26. The average Bonchev–Trinajstić information content (AvgIpc) is 2.58. The van der Waals surface area contributed by atoms with Crippen molar-refractivity contribution >= 4 is 34.7 Å². The molecule has 1 aliphatic rings. The summed E-state index contributed by atoms with van der Waals surface area (Å²) < 4.78 is 0. The fraction of sp³-hybridized carbons (Fsp3) is 0.143. The van der Waals surface area contributed by atoms with Gasteiger partial charge in [-0.25, -0.2) is 4.98 Å². The maximum atomic E-state index is 11.7. The van der Waals surface area contributed by atoms with E-state index in [1.807, 2.05) is 35.2 Å². The van der Waals surface area contributed by atoms with Crippen LogP contribution in [-0.2, 0) is 4.79 Å². The van der Waals surface area contributed by atoms with Crippen molar-refractivity contribution < 1.29 is 4.79 Å². The first-order valence-electron chi connectivity index (χ1n) is 6.03. The highest BCUT2D eigenvalue weighted by molar-refractivity contribution is 6.29. The Morgan fingerprint density at radius 3 is 2.74 bits per heavy atom. The Kier molecular flexibility index (Phi) is 3.09. The minimum Gasteiger partial charge on any atom is -0.324 e. The number of nitrogens with one attached hydrogen (secondary N) is 1. The molecule has 1 aromatic carbocycles. The van der Waals surface area contributed by atoms with Crippen molar-refractivity contribution in [1.29, 1.82) is 0 Å². The molecule has 2 aromatic rings. The number of para-hydroxylation sites is 1. The van der Waals surface area contributed by atoms with Crippen molar-refractivity contribution in [2.45, 2.75) is 6.42 Å². The molecular formula is C14H12ClN3O. The Hall–Kier alpha value is -2.07. The van der Waals surface area contributed by atoms with E-state index in [-0.39, 0.29) is 5.91 Å². The van der Waals surface area contributed by atoms with Gasteiger partial charge in [0.25, 0.3) is 0 Å². The predicted molar refractivity (Wildman–Crippen MR) is 75.9 cm³/mol. The second kappa shape index (κ2) is 4.90. The molecule has 5 heteroatoms. The normalized spacial score (nSPS) is 14.6. The van der Waals surface area contributed by atoms with Gasteiger partial charge in [0, 0.05) is 18.7 Å². The van der Waals surface area contributed by atoms with E-state index in [9.17, 15) is 4.79 Å². The van der Waals surface area contributed by atoms with Crippen LogP contribution in [0.15, 0.2) is 42.5 Å². The molecule has 1 aromatic heterocycles. The van der Waals surface area contributed by atoms with E-state index in [0.717, 1.165) is 5.69 Å². The van der Waals surface area contributed by atoms with Crippen LogP contribution in [0.4, 0.5) is 17.2 Å². The number of halogens is 1. The Labute approximate surface area is 116 Å². The zero-order valence-electron chi connectivity index (χ0n) is 10.1. The molecule has 4 nitrogen and oxygen atoms in total. The summed E-state index contributed by atoms with van der Waals surface area (Å²) in [5, 5.41) is 3.26. The van der Waals surface area contributed by atoms with Crippen LogP contribution in [0.3, 0.4) is 0 Å². The number of hydrogen-bond acceptors (Lipinski definition) is 3. The van der Waals surface area contributed by atoms with Gasteiger partial charge in [0.2, 0.25) is 5.91 Å². The van der Waals surface area contributed by atoms with Gasteiger partial charge in [-0.1, -0.05) is 29.8 Å². The lowest BCUT2D eigenvalue weighted by Gasteiger charge is -2.22. The zero-order chi connectivity index (χ0) is 13.2. The van der Waals surface area contributed by atoms with Crippen LogP contribution in [0, 0.1) is 0 Å². The molecule has 0 aliphatic carbocycles. The number of aromatic nitrogens is 1. The van der Waals surface area contributed by atoms with E-state index in [4.69, 9.17) is 11.6 Å². The second-order valence-corrected chi connectivity index (χ2v) is 4.68. The van der Waals surface area contributed by atoms with Gasteiger partial charge in [0.1, 0.15) is 5.15 Å². The van der Waals surface area contributed by atoms with Crippen molar-refractivity contribution in [2.24, 2.45) is 0 Å². The Morgan fingerprint density at radius 1 is 1.16 bits per heavy atom. The zero-order valence-corrected chi connectivity index (χ0v) is 10.9. The lowest BCUT2D eigenvalue weighted by molar-refractivity contribution is -0.115. The van der Waals surface area contributed by atoms with Crippen LogP contribution in [0.2, 0.25) is 5.15 Å². The van der Waals surface area contributed by atoms with Crippen LogP contribution >= 0.6 is 11.6 Å². The minimum absolute atomic E-state index is 0.0104. The number of pyridine rings is 1. The van der Waals surface area contributed by atoms with Gasteiger partial charge in [0.15, 0.2) is 5.82 Å². The largest absolute Gasteiger partial charge is 0.324 e. The molecule has 1 amide bonds. The summed E-state index contributed by atoms with van der Waals surface area (Å²) >= 11 is 5.97. The molecule has 0 fully saturated rings. The third kappa shape index (κ3) is 2.39. The summed E-state index contributed by atoms with van der Waals surface area (Å²) in [6, 6.07) is 13.3. The maximum Gasteiger partial charge on any atom is 0.226 e. The molecule has 1 aliphatic heterocycles. The molecule has 0 bridgehead atoms. The molecule has 2 heterocycles. The molecular weight excluding hydrogens is 262 g/mol. The molecule has 1 N–H and O–H groups in total. The van der Waals surface area contributed by atoms with Gasteiger partial charge >= 0.3 is 0 Å². The fourth-order valence-electron chi connectivity index (χ4n) is 2.12. The standard InChI is InChI=1S/C14H12ClN3O/c15-12-7-6-11-14(17-12)18(9-8-13(19)16-11)10-4-2-1-3-5-10/h1-7H,8-9H2,(H,16,19). The number of anilines is 3. The van der Waals surface area contributed by atoms with E-state index in [2.05, 4.69) is 10.3 Å². The van der Waals surface area contributed by atoms with Crippen LogP contribution in [-0.4, -0.2) is 17.4 Å². The van der Waals surface area contributed by atoms with Gasteiger partial charge in [-0.05, 0) is 24.3 Å². The Balaban J connectivity index is 2.11. The molecule has 0 spiro atoms. The smallest absolute Gasteiger partial charge is 0.226 e. The highest BCUT2D eigenvalue weighted by atomic mass is 35.5. The van der Waals surface area contributed by atoms with Crippen LogP contribution in [0.25, 0.3) is 0 Å². The highest BCUT2D eigenvalue weighted by Crippen LogP contribution is 2.33. The van der Waals surface area contributed by atoms with Gasteiger partial charge in [0.05, 0.1) is 5.69 Å². The van der Waals surface area contributed by atoms with Crippen LogP contribution in [0.1, 0.15) is 6.42 Å². The van der Waals surface area contributed by atoms with E-state index >= 15 is 0 Å². The van der Waals surface area contributed by atoms with Crippen LogP contribution in [0.5, 0.6) is 0 Å². The minimum atomic E-state index is -0.0104. The average molecular weight is 274 g/mol. The number of nitrogens with zero attached hydrogens (tertiary/aromatic N) is 2. The van der Waals surface area contributed by atoms with Gasteiger partial charge in [-0.2, -0.15) is 0 Å². The van der Waals surface area contributed by atoms with Crippen LogP contribution < -0.4 is 10.2 Å². The second-order valence-electron chi connectivity index (χ2n) is 4.29. The summed E-state index contributed by atoms with van der Waals surface area (Å²) in [5.74, 6) is 0.674. The monoisotopic (exact) mass is 273 g/mol. The molecule has 96 valence electrons. The molecule has 3 rings (SSSR count). The first-order valence-corrected chi connectivity index (χ1v) is 6.41. The van der Waals surface area contributed by atoms with E-state index in [1.54, 1.807) is 12.1 Å². The molecule has 0 unspecified atom stereocenters. The first kappa shape index (κ1) is 12.0. The number of rotatable bonds is 1. The van der Waals surface area contributed by atoms with E-state index < -0.39 is 0 Å². The highest BCUT2D eigenvalue weighted by Gasteiger charge is 2.21. The Bertz CT molecular complexity index is 615. The first-order chi connectivity index (χ1) is 9.24. The van der Waals surface area contributed by atoms with Crippen molar-refractivity contribution in [2.75, 3.05) is 16.8 Å². The Morgan fingerprint density at radius 2 is 1.95 bits per heavy atom. The molecule has 0 saturated carbocycles.